The van der Waals surface area contributed by atoms with Crippen molar-refractivity contribution in [3.63, 3.8) is 0 Å². The molecule has 1 aromatic heterocycles. The van der Waals surface area contributed by atoms with E-state index in [0.29, 0.717) is 5.56 Å². The lowest BCUT2D eigenvalue weighted by Crippen LogP contribution is -2.12. The molecule has 0 aliphatic rings. The number of rotatable bonds is 10. The van der Waals surface area contributed by atoms with Gasteiger partial charge in [-0.3, -0.25) is 0 Å². The van der Waals surface area contributed by atoms with E-state index < -0.39 is 0 Å². The fourth-order valence-corrected chi connectivity index (χ4v) is 9.57. The van der Waals surface area contributed by atoms with Crippen molar-refractivity contribution in [3.05, 3.63) is 273 Å². The predicted molar refractivity (Wildman–Crippen MR) is 284 cm³/mol. The molecule has 0 atom stereocenters. The van der Waals surface area contributed by atoms with Crippen LogP contribution in [0.4, 0.5) is 34.1 Å². The second-order valence-electron chi connectivity index (χ2n) is 16.6. The fourth-order valence-electron chi connectivity index (χ4n) is 9.57. The van der Waals surface area contributed by atoms with Gasteiger partial charge in [0.05, 0.1) is 27.9 Å². The summed E-state index contributed by atoms with van der Waals surface area (Å²) >= 11 is 0. The Bertz CT molecular complexity index is 3890. The number of fused-ring (bicyclic) bond motifs is 4. The lowest BCUT2D eigenvalue weighted by Gasteiger charge is -2.29. The maximum atomic E-state index is 9.76. The van der Waals surface area contributed by atoms with Crippen LogP contribution in [0.5, 0.6) is 0 Å². The Kier molecular flexibility index (Phi) is 9.11. The molecule has 11 aromatic carbocycles. The summed E-state index contributed by atoms with van der Waals surface area (Å²) in [5.74, 6) is 0. The highest BCUT2D eigenvalue weighted by molar-refractivity contribution is 6.12. The zero-order valence-electron chi connectivity index (χ0n) is 40.5. The Balaban J connectivity index is 1.05. The van der Waals surface area contributed by atoms with Crippen molar-refractivity contribution in [1.82, 2.24) is 4.57 Å². The van der Waals surface area contributed by atoms with Gasteiger partial charge in [-0.15, -0.1) is 0 Å². The van der Waals surface area contributed by atoms with Gasteiger partial charge in [0, 0.05) is 50.2 Å². The molecule has 316 valence electrons. The second-order valence-corrected chi connectivity index (χ2v) is 16.6. The van der Waals surface area contributed by atoms with Gasteiger partial charge in [0.1, 0.15) is 0 Å². The van der Waals surface area contributed by atoms with Crippen LogP contribution >= 0.6 is 0 Å². The quantitative estimate of drug-likeness (QED) is 0.136. The van der Waals surface area contributed by atoms with Crippen LogP contribution in [0.25, 0.3) is 71.6 Å². The lowest BCUT2D eigenvalue weighted by molar-refractivity contribution is 1.18. The van der Waals surface area contributed by atoms with Gasteiger partial charge in [-0.1, -0.05) is 188 Å². The van der Waals surface area contributed by atoms with Gasteiger partial charge in [0.2, 0.25) is 0 Å². The Morgan fingerprint density at radius 1 is 0.284 bits per heavy atom. The van der Waals surface area contributed by atoms with E-state index in [1.54, 1.807) is 0 Å². The normalized spacial score (nSPS) is 12.1. The smallest absolute Gasteiger partial charge is 0.0645 e. The molecule has 0 bridgehead atoms. The third-order valence-electron chi connectivity index (χ3n) is 12.7. The van der Waals surface area contributed by atoms with E-state index >= 15 is 0 Å². The van der Waals surface area contributed by atoms with Gasteiger partial charge < -0.3 is 14.4 Å². The molecule has 12 aromatic rings. The number of hydrogen-bond acceptors (Lipinski definition) is 2. The number of anilines is 6. The van der Waals surface area contributed by atoms with Crippen molar-refractivity contribution in [3.8, 4) is 39.1 Å². The molecular formula is C64H45N3. The number of hydrogen-bond donors (Lipinski definition) is 0. The number of aromatic nitrogens is 1. The summed E-state index contributed by atoms with van der Waals surface area (Å²) in [6, 6.07) is 84.1. The van der Waals surface area contributed by atoms with Gasteiger partial charge in [-0.25, -0.2) is 0 Å². The van der Waals surface area contributed by atoms with E-state index in [1.165, 1.54) is 0 Å². The van der Waals surface area contributed by atoms with Gasteiger partial charge in [0.25, 0.3) is 0 Å². The van der Waals surface area contributed by atoms with Crippen LogP contribution in [-0.4, -0.2) is 4.57 Å². The molecule has 0 saturated carbocycles. The third-order valence-corrected chi connectivity index (χ3v) is 12.7. The minimum absolute atomic E-state index is 0.118. The zero-order valence-corrected chi connectivity index (χ0v) is 36.5. The van der Waals surface area contributed by atoms with Crippen LogP contribution in [0.3, 0.4) is 0 Å². The molecular weight excluding hydrogens is 811 g/mol. The molecule has 0 aliphatic carbocycles. The maximum Gasteiger partial charge on any atom is 0.0645 e. The lowest BCUT2D eigenvalue weighted by atomic mass is 9.95. The number of nitrogens with zero attached hydrogens (tertiary/aromatic N) is 3. The molecule has 0 radical (unpaired) electrons. The van der Waals surface area contributed by atoms with Crippen LogP contribution in [-0.2, 0) is 0 Å². The Labute approximate surface area is 396 Å². The predicted octanol–water partition coefficient (Wildman–Crippen LogP) is 17.9. The number of benzene rings is 11. The van der Waals surface area contributed by atoms with Gasteiger partial charge >= 0.3 is 0 Å². The summed E-state index contributed by atoms with van der Waals surface area (Å²) in [5, 5.41) is 3.96. The van der Waals surface area contributed by atoms with Gasteiger partial charge in [-0.05, 0) is 118 Å². The highest BCUT2D eigenvalue weighted by Gasteiger charge is 2.22. The molecule has 3 heteroatoms. The van der Waals surface area contributed by atoms with Crippen molar-refractivity contribution in [2.45, 2.75) is 0 Å². The maximum absolute atomic E-state index is 9.76. The molecule has 0 saturated heterocycles. The summed E-state index contributed by atoms with van der Waals surface area (Å²) in [4.78, 5) is 4.15. The Morgan fingerprint density at radius 3 is 1.57 bits per heavy atom. The molecule has 0 unspecified atom stereocenters. The Morgan fingerprint density at radius 2 is 0.806 bits per heavy atom. The molecule has 67 heavy (non-hydrogen) atoms. The summed E-state index contributed by atoms with van der Waals surface area (Å²) in [7, 11) is 0. The summed E-state index contributed by atoms with van der Waals surface area (Å²) in [5.41, 5.74) is 12.9. The molecule has 1 heterocycles. The van der Waals surface area contributed by atoms with Crippen LogP contribution in [0.15, 0.2) is 273 Å². The molecule has 3 nitrogen and oxygen atoms in total. The molecule has 0 N–H and O–H groups in total. The molecule has 12 rings (SSSR count). The van der Waals surface area contributed by atoms with Crippen LogP contribution in [0.1, 0.15) is 5.48 Å². The first-order valence-corrected chi connectivity index (χ1v) is 22.6. The summed E-state index contributed by atoms with van der Waals surface area (Å²) < 4.78 is 41.3. The molecule has 0 amide bonds. The average Bonchev–Trinajstić information content (AvgIpc) is 3.77. The topological polar surface area (TPSA) is 11.4 Å². The average molecular weight is 860 g/mol. The Hall–Kier alpha value is -8.92. The number of para-hydroxylation sites is 4. The van der Waals surface area contributed by atoms with E-state index in [1.807, 2.05) is 114 Å². The summed E-state index contributed by atoms with van der Waals surface area (Å²) in [6.07, 6.45) is 0. The van der Waals surface area contributed by atoms with Crippen molar-refractivity contribution >= 4 is 66.7 Å². The van der Waals surface area contributed by atoms with Crippen molar-refractivity contribution in [1.29, 1.82) is 0 Å². The van der Waals surface area contributed by atoms with Crippen molar-refractivity contribution in [2.75, 3.05) is 9.80 Å². The highest BCUT2D eigenvalue weighted by Crippen LogP contribution is 2.47. The molecule has 0 aliphatic heterocycles. The van der Waals surface area contributed by atoms with Crippen LogP contribution in [0, 0.1) is 0 Å². The minimum atomic E-state index is -0.133. The van der Waals surface area contributed by atoms with Crippen LogP contribution in [0.2, 0.25) is 0 Å². The SMILES string of the molecule is [2H]c1c([2H])c(N(c2ccccc2)c2ccc(-c3ccccc3)cc2)c([2H])c([2H])c1-c1cccc2c(N(c3ccc4c(c3)c3ccccc3n4-c3ccccc3)c3ccccc3-c3ccccc3)cccc12. The van der Waals surface area contributed by atoms with E-state index in [-0.39, 0.29) is 35.4 Å². The van der Waals surface area contributed by atoms with Crippen molar-refractivity contribution in [2.24, 2.45) is 0 Å². The standard InChI is InChI=1S/C64H45N3/c1-5-19-46(20-6-1)47-35-39-52(40-36-47)65(50-23-9-3-10-24-50)53-41-37-49(38-42-53)55-29-17-31-58-57(55)30-18-34-63(58)67(61-32-15-13-27-56(61)48-21-7-2-8-22-48)54-43-44-64-60(45-54)59-28-14-16-33-62(59)66(64)51-25-11-4-12-26-51/h1-45H/i37D,38D,41D,42D. The van der Waals surface area contributed by atoms with E-state index in [9.17, 15) is 5.48 Å². The van der Waals surface area contributed by atoms with Crippen LogP contribution < -0.4 is 9.80 Å². The van der Waals surface area contributed by atoms with Gasteiger partial charge in [0.15, 0.2) is 0 Å². The second kappa shape index (κ2) is 17.2. The first kappa shape index (κ1) is 35.4. The van der Waals surface area contributed by atoms with Crippen molar-refractivity contribution < 1.29 is 5.48 Å². The fraction of sp³-hybridized carbons (Fsp3) is 0. The first-order chi connectivity index (χ1) is 34.9. The third kappa shape index (κ3) is 7.29. The largest absolute Gasteiger partial charge is 0.311 e. The molecule has 0 fully saturated rings. The van der Waals surface area contributed by atoms with E-state index in [0.717, 1.165) is 89.0 Å². The van der Waals surface area contributed by atoms with Gasteiger partial charge in [-0.2, -0.15) is 0 Å². The molecule has 0 spiro atoms. The highest BCUT2D eigenvalue weighted by atomic mass is 15.2. The summed E-state index contributed by atoms with van der Waals surface area (Å²) in [6.45, 7) is 0. The minimum Gasteiger partial charge on any atom is -0.311 e. The first-order valence-electron chi connectivity index (χ1n) is 24.6. The van der Waals surface area contributed by atoms with E-state index in [2.05, 4.69) is 149 Å². The monoisotopic (exact) mass is 859 g/mol. The zero-order chi connectivity index (χ0) is 48.0. The van der Waals surface area contributed by atoms with E-state index in [4.69, 9.17) is 0 Å².